The van der Waals surface area contributed by atoms with Crippen LogP contribution in [0.2, 0.25) is 5.02 Å². The number of hydroxylamine groups is 1. The second-order valence-corrected chi connectivity index (χ2v) is 7.35. The van der Waals surface area contributed by atoms with Gasteiger partial charge in [0.25, 0.3) is 0 Å². The number of halogens is 4. The standard InChI is InChI=1S/C23H16ClF3N4O2/c24-15-10-11-18-16(12-15)21(14-6-2-1-3-7-14)28-13-20(29-18)31-33-22(32)30-19-9-5-4-8-17(19)23(25,26)27/h1-12H,13H2,(H,29,31)(H,30,32). The molecular weight excluding hydrogens is 457 g/mol. The van der Waals surface area contributed by atoms with Crippen LogP contribution >= 0.6 is 11.6 Å². The summed E-state index contributed by atoms with van der Waals surface area (Å²) in [5, 5.41) is 2.58. The monoisotopic (exact) mass is 472 g/mol. The summed E-state index contributed by atoms with van der Waals surface area (Å²) >= 11 is 6.17. The van der Waals surface area contributed by atoms with Gasteiger partial charge in [-0.1, -0.05) is 54.1 Å². The Morgan fingerprint density at radius 2 is 1.73 bits per heavy atom. The SMILES string of the molecule is O=C(Nc1ccccc1C(F)(F)F)ONC1=Nc2ccc(Cl)cc2C(c2ccccc2)=NC1. The van der Waals surface area contributed by atoms with Crippen molar-refractivity contribution in [2.75, 3.05) is 11.9 Å². The first-order valence-corrected chi connectivity index (χ1v) is 10.1. The van der Waals surface area contributed by atoms with Gasteiger partial charge < -0.3 is 4.84 Å². The zero-order valence-corrected chi connectivity index (χ0v) is 17.6. The van der Waals surface area contributed by atoms with Crippen molar-refractivity contribution < 1.29 is 22.8 Å². The maximum Gasteiger partial charge on any atom is 0.435 e. The number of amidine groups is 1. The molecule has 0 fully saturated rings. The van der Waals surface area contributed by atoms with E-state index in [-0.39, 0.29) is 12.4 Å². The van der Waals surface area contributed by atoms with E-state index in [0.717, 1.165) is 17.7 Å². The summed E-state index contributed by atoms with van der Waals surface area (Å²) in [4.78, 5) is 26.0. The molecule has 0 saturated heterocycles. The molecule has 6 nitrogen and oxygen atoms in total. The first-order valence-electron chi connectivity index (χ1n) is 9.68. The molecule has 0 aliphatic carbocycles. The molecular formula is C23H16ClF3N4O2. The van der Waals surface area contributed by atoms with Crippen molar-refractivity contribution in [2.24, 2.45) is 9.98 Å². The van der Waals surface area contributed by atoms with Gasteiger partial charge in [-0.15, -0.1) is 0 Å². The molecule has 0 bridgehead atoms. The maximum atomic E-state index is 13.1. The van der Waals surface area contributed by atoms with E-state index in [1.807, 2.05) is 30.3 Å². The number of alkyl halides is 3. The van der Waals surface area contributed by atoms with Crippen LogP contribution < -0.4 is 10.8 Å². The average Bonchev–Trinajstić information content (AvgIpc) is 2.97. The van der Waals surface area contributed by atoms with Crippen molar-refractivity contribution in [3.8, 4) is 0 Å². The lowest BCUT2D eigenvalue weighted by atomic mass is 10.0. The fourth-order valence-electron chi connectivity index (χ4n) is 3.19. The van der Waals surface area contributed by atoms with Gasteiger partial charge in [-0.25, -0.2) is 15.3 Å². The molecule has 0 aromatic heterocycles. The van der Waals surface area contributed by atoms with Gasteiger partial charge in [0, 0.05) is 16.1 Å². The van der Waals surface area contributed by atoms with Crippen LogP contribution in [0.15, 0.2) is 82.8 Å². The van der Waals surface area contributed by atoms with E-state index in [1.54, 1.807) is 18.2 Å². The van der Waals surface area contributed by atoms with Crippen molar-refractivity contribution in [3.05, 3.63) is 94.5 Å². The van der Waals surface area contributed by atoms with E-state index in [0.29, 0.717) is 22.0 Å². The van der Waals surface area contributed by atoms with Gasteiger partial charge in [0.1, 0.15) is 6.54 Å². The molecule has 0 spiro atoms. The number of carbonyl (C=O) groups excluding carboxylic acids is 1. The normalized spacial score (nSPS) is 13.2. The Hall–Kier alpha value is -3.85. The van der Waals surface area contributed by atoms with Gasteiger partial charge in [-0.3, -0.25) is 10.3 Å². The van der Waals surface area contributed by atoms with Crippen LogP contribution in [0.5, 0.6) is 0 Å². The van der Waals surface area contributed by atoms with E-state index in [1.165, 1.54) is 12.1 Å². The highest BCUT2D eigenvalue weighted by molar-refractivity contribution is 6.31. The fourth-order valence-corrected chi connectivity index (χ4v) is 3.37. The van der Waals surface area contributed by atoms with Gasteiger partial charge in [0.2, 0.25) is 0 Å². The first-order chi connectivity index (χ1) is 15.8. The van der Waals surface area contributed by atoms with Gasteiger partial charge in [0.15, 0.2) is 5.84 Å². The van der Waals surface area contributed by atoms with Crippen LogP contribution in [0.25, 0.3) is 0 Å². The minimum atomic E-state index is -4.63. The number of aliphatic imine (C=N–C) groups is 2. The summed E-state index contributed by atoms with van der Waals surface area (Å²) in [6, 6.07) is 19.1. The van der Waals surface area contributed by atoms with Crippen molar-refractivity contribution in [2.45, 2.75) is 6.18 Å². The third kappa shape index (κ3) is 5.32. The predicted molar refractivity (Wildman–Crippen MR) is 120 cm³/mol. The van der Waals surface area contributed by atoms with Crippen LogP contribution in [0.3, 0.4) is 0 Å². The molecule has 3 aromatic rings. The van der Waals surface area contributed by atoms with Crippen LogP contribution in [0, 0.1) is 0 Å². The van der Waals surface area contributed by atoms with Gasteiger partial charge >= 0.3 is 12.3 Å². The van der Waals surface area contributed by atoms with Crippen LogP contribution in [0.4, 0.5) is 29.3 Å². The fraction of sp³-hybridized carbons (Fsp3) is 0.0870. The molecule has 2 N–H and O–H groups in total. The molecule has 168 valence electrons. The molecule has 0 radical (unpaired) electrons. The van der Waals surface area contributed by atoms with Gasteiger partial charge in [-0.2, -0.15) is 13.2 Å². The predicted octanol–water partition coefficient (Wildman–Crippen LogP) is 5.99. The second kappa shape index (κ2) is 9.33. The topological polar surface area (TPSA) is 75.1 Å². The Bertz CT molecular complexity index is 1240. The second-order valence-electron chi connectivity index (χ2n) is 6.91. The Morgan fingerprint density at radius 3 is 2.48 bits per heavy atom. The highest BCUT2D eigenvalue weighted by atomic mass is 35.5. The third-order valence-corrected chi connectivity index (χ3v) is 4.87. The molecule has 4 rings (SSSR count). The van der Waals surface area contributed by atoms with Crippen LogP contribution in [0.1, 0.15) is 16.7 Å². The molecule has 0 unspecified atom stereocenters. The molecule has 1 aliphatic heterocycles. The highest BCUT2D eigenvalue weighted by Gasteiger charge is 2.33. The Morgan fingerprint density at radius 1 is 1.00 bits per heavy atom. The average molecular weight is 473 g/mol. The third-order valence-electron chi connectivity index (χ3n) is 4.63. The molecule has 0 atom stereocenters. The minimum Gasteiger partial charge on any atom is -0.323 e. The number of benzene rings is 3. The Balaban J connectivity index is 1.52. The largest absolute Gasteiger partial charge is 0.435 e. The zero-order valence-electron chi connectivity index (χ0n) is 16.9. The lowest BCUT2D eigenvalue weighted by Gasteiger charge is -2.13. The van der Waals surface area contributed by atoms with E-state index in [4.69, 9.17) is 16.4 Å². The number of anilines is 1. The number of hydrogen-bond acceptors (Lipinski definition) is 5. The number of nitrogens with one attached hydrogen (secondary N) is 2. The Labute approximate surface area is 191 Å². The van der Waals surface area contributed by atoms with Crippen molar-refractivity contribution in [3.63, 3.8) is 0 Å². The van der Waals surface area contributed by atoms with Crippen molar-refractivity contribution >= 4 is 40.6 Å². The molecule has 33 heavy (non-hydrogen) atoms. The number of nitrogens with zero attached hydrogens (tertiary/aromatic N) is 2. The quantitative estimate of drug-likeness (QED) is 0.450. The van der Waals surface area contributed by atoms with E-state index < -0.39 is 23.5 Å². The van der Waals surface area contributed by atoms with Gasteiger partial charge in [0.05, 0.1) is 22.6 Å². The molecule has 0 saturated carbocycles. The zero-order chi connectivity index (χ0) is 23.4. The lowest BCUT2D eigenvalue weighted by Crippen LogP contribution is -2.31. The number of rotatable bonds is 2. The molecule has 1 amide bonds. The summed E-state index contributed by atoms with van der Waals surface area (Å²) < 4.78 is 39.3. The smallest absolute Gasteiger partial charge is 0.323 e. The van der Waals surface area contributed by atoms with E-state index in [9.17, 15) is 18.0 Å². The number of amides is 1. The Kier molecular flexibility index (Phi) is 6.32. The number of hydrogen-bond donors (Lipinski definition) is 2. The first kappa shape index (κ1) is 22.3. The lowest BCUT2D eigenvalue weighted by molar-refractivity contribution is -0.136. The number of carbonyl (C=O) groups is 1. The van der Waals surface area contributed by atoms with Crippen molar-refractivity contribution in [1.82, 2.24) is 5.48 Å². The van der Waals surface area contributed by atoms with Crippen molar-refractivity contribution in [1.29, 1.82) is 0 Å². The van der Waals surface area contributed by atoms with Crippen LogP contribution in [-0.2, 0) is 11.0 Å². The van der Waals surface area contributed by atoms with Gasteiger partial charge in [-0.05, 0) is 30.3 Å². The van der Waals surface area contributed by atoms with E-state index in [2.05, 4.69) is 20.8 Å². The summed E-state index contributed by atoms with van der Waals surface area (Å²) in [7, 11) is 0. The highest BCUT2D eigenvalue weighted by Crippen LogP contribution is 2.34. The van der Waals surface area contributed by atoms with Crippen LogP contribution in [-0.4, -0.2) is 24.2 Å². The minimum absolute atomic E-state index is 0.0307. The summed E-state index contributed by atoms with van der Waals surface area (Å²) in [5.41, 5.74) is 3.69. The molecule has 3 aromatic carbocycles. The summed E-state index contributed by atoms with van der Waals surface area (Å²) in [6.45, 7) is 0.0307. The molecule has 1 heterocycles. The molecule has 10 heteroatoms. The summed E-state index contributed by atoms with van der Waals surface area (Å²) in [5.74, 6) is 0.184. The number of fused-ring (bicyclic) bond motifs is 1. The molecule has 1 aliphatic rings. The maximum absolute atomic E-state index is 13.1. The van der Waals surface area contributed by atoms with E-state index >= 15 is 0 Å². The number of para-hydroxylation sites is 1. The summed E-state index contributed by atoms with van der Waals surface area (Å²) in [6.07, 6.45) is -5.77.